The lowest BCUT2D eigenvalue weighted by atomic mass is 10.00. The number of hydrogen-bond donors (Lipinski definition) is 3. The minimum Gasteiger partial charge on any atom is -0.495 e. The van der Waals surface area contributed by atoms with Crippen molar-refractivity contribution in [3.8, 4) is 5.75 Å². The van der Waals surface area contributed by atoms with Gasteiger partial charge in [-0.1, -0.05) is 12.1 Å². The summed E-state index contributed by atoms with van der Waals surface area (Å²) in [6.45, 7) is 7.46. The number of piperazine rings is 2. The molecule has 2 heterocycles. The van der Waals surface area contributed by atoms with Crippen LogP contribution in [0.15, 0.2) is 24.3 Å². The molecule has 1 aromatic carbocycles. The second-order valence-electron chi connectivity index (χ2n) is 6.38. The number of methoxy groups -OCH3 is 1. The SMILES string of the molecule is COc1ccccc1N1CCNCC1CC1CNCC(C)N1. The second-order valence-corrected chi connectivity index (χ2v) is 6.38. The van der Waals surface area contributed by atoms with E-state index in [0.717, 1.165) is 44.9 Å². The fraction of sp³-hybridized carbons (Fsp3) is 0.647. The lowest BCUT2D eigenvalue weighted by molar-refractivity contribution is 0.307. The zero-order valence-electron chi connectivity index (χ0n) is 13.6. The van der Waals surface area contributed by atoms with Crippen molar-refractivity contribution in [2.75, 3.05) is 44.7 Å². The molecule has 2 fully saturated rings. The third-order valence-corrected chi connectivity index (χ3v) is 4.66. The summed E-state index contributed by atoms with van der Waals surface area (Å²) in [5, 5.41) is 10.8. The first-order chi connectivity index (χ1) is 10.8. The molecular formula is C17H28N4O. The van der Waals surface area contributed by atoms with E-state index in [1.165, 1.54) is 5.69 Å². The minimum atomic E-state index is 0.495. The summed E-state index contributed by atoms with van der Waals surface area (Å²) >= 11 is 0. The van der Waals surface area contributed by atoms with Crippen molar-refractivity contribution in [3.05, 3.63) is 24.3 Å². The van der Waals surface area contributed by atoms with Gasteiger partial charge in [-0.3, -0.25) is 0 Å². The van der Waals surface area contributed by atoms with Crippen molar-refractivity contribution in [1.29, 1.82) is 0 Å². The van der Waals surface area contributed by atoms with E-state index in [1.54, 1.807) is 7.11 Å². The van der Waals surface area contributed by atoms with Crippen LogP contribution in [0.5, 0.6) is 5.75 Å². The van der Waals surface area contributed by atoms with Gasteiger partial charge in [-0.2, -0.15) is 0 Å². The molecule has 5 heteroatoms. The quantitative estimate of drug-likeness (QED) is 0.769. The maximum Gasteiger partial charge on any atom is 0.142 e. The molecule has 0 bridgehead atoms. The molecule has 2 aliphatic heterocycles. The van der Waals surface area contributed by atoms with Crippen LogP contribution in [0.4, 0.5) is 5.69 Å². The van der Waals surface area contributed by atoms with Gasteiger partial charge in [-0.15, -0.1) is 0 Å². The normalized spacial score (nSPS) is 29.4. The van der Waals surface area contributed by atoms with E-state index in [9.17, 15) is 0 Å². The molecular weight excluding hydrogens is 276 g/mol. The van der Waals surface area contributed by atoms with E-state index < -0.39 is 0 Å². The molecule has 22 heavy (non-hydrogen) atoms. The molecule has 0 amide bonds. The fourth-order valence-corrected chi connectivity index (χ4v) is 3.63. The molecule has 122 valence electrons. The largest absolute Gasteiger partial charge is 0.495 e. The Balaban J connectivity index is 1.73. The molecule has 3 rings (SSSR count). The molecule has 0 aliphatic carbocycles. The number of nitrogens with zero attached hydrogens (tertiary/aromatic N) is 1. The molecule has 3 unspecified atom stereocenters. The van der Waals surface area contributed by atoms with Crippen LogP contribution in [0.2, 0.25) is 0 Å². The number of ether oxygens (including phenoxy) is 1. The smallest absolute Gasteiger partial charge is 0.142 e. The van der Waals surface area contributed by atoms with Gasteiger partial charge in [0.15, 0.2) is 0 Å². The van der Waals surface area contributed by atoms with Gasteiger partial charge in [0.2, 0.25) is 0 Å². The lowest BCUT2D eigenvalue weighted by Crippen LogP contribution is -2.59. The average molecular weight is 304 g/mol. The van der Waals surface area contributed by atoms with Crippen LogP contribution in [0.1, 0.15) is 13.3 Å². The third kappa shape index (κ3) is 3.54. The van der Waals surface area contributed by atoms with Gasteiger partial charge in [0.25, 0.3) is 0 Å². The molecule has 2 aliphatic rings. The van der Waals surface area contributed by atoms with Crippen LogP contribution in [-0.4, -0.2) is 58.0 Å². The van der Waals surface area contributed by atoms with E-state index in [0.29, 0.717) is 18.1 Å². The minimum absolute atomic E-state index is 0.495. The molecule has 5 nitrogen and oxygen atoms in total. The number of anilines is 1. The van der Waals surface area contributed by atoms with Crippen LogP contribution < -0.4 is 25.6 Å². The Hall–Kier alpha value is -1.30. The first-order valence-corrected chi connectivity index (χ1v) is 8.35. The Morgan fingerprint density at radius 1 is 1.18 bits per heavy atom. The number of rotatable bonds is 4. The summed E-state index contributed by atoms with van der Waals surface area (Å²) in [6, 6.07) is 9.94. The van der Waals surface area contributed by atoms with E-state index in [-0.39, 0.29) is 0 Å². The second kappa shape index (κ2) is 7.31. The van der Waals surface area contributed by atoms with E-state index >= 15 is 0 Å². The van der Waals surface area contributed by atoms with Crippen molar-refractivity contribution in [2.24, 2.45) is 0 Å². The first kappa shape index (κ1) is 15.6. The monoisotopic (exact) mass is 304 g/mol. The highest BCUT2D eigenvalue weighted by Gasteiger charge is 2.28. The van der Waals surface area contributed by atoms with Crippen molar-refractivity contribution < 1.29 is 4.74 Å². The standard InChI is InChI=1S/C17H28N4O/c1-13-10-19-11-14(20-13)9-15-12-18-7-8-21(15)16-5-3-4-6-17(16)22-2/h3-6,13-15,18-20H,7-12H2,1-2H3. The fourth-order valence-electron chi connectivity index (χ4n) is 3.63. The number of hydrogen-bond acceptors (Lipinski definition) is 5. The van der Waals surface area contributed by atoms with E-state index in [1.807, 2.05) is 6.07 Å². The van der Waals surface area contributed by atoms with Crippen LogP contribution in [0.3, 0.4) is 0 Å². The topological polar surface area (TPSA) is 48.6 Å². The predicted octanol–water partition coefficient (Wildman–Crippen LogP) is 0.813. The summed E-state index contributed by atoms with van der Waals surface area (Å²) in [7, 11) is 1.75. The van der Waals surface area contributed by atoms with Crippen molar-refractivity contribution in [3.63, 3.8) is 0 Å². The van der Waals surface area contributed by atoms with Crippen LogP contribution in [-0.2, 0) is 0 Å². The van der Waals surface area contributed by atoms with Crippen LogP contribution in [0, 0.1) is 0 Å². The molecule has 2 saturated heterocycles. The highest BCUT2D eigenvalue weighted by Crippen LogP contribution is 2.30. The van der Waals surface area contributed by atoms with Crippen molar-refractivity contribution in [1.82, 2.24) is 16.0 Å². The van der Waals surface area contributed by atoms with Crippen LogP contribution in [0.25, 0.3) is 0 Å². The Kier molecular flexibility index (Phi) is 5.18. The third-order valence-electron chi connectivity index (χ3n) is 4.66. The molecule has 0 spiro atoms. The summed E-state index contributed by atoms with van der Waals surface area (Å²) in [5.41, 5.74) is 1.22. The molecule has 0 aromatic heterocycles. The summed E-state index contributed by atoms with van der Waals surface area (Å²) in [5.74, 6) is 0.970. The van der Waals surface area contributed by atoms with Crippen molar-refractivity contribution in [2.45, 2.75) is 31.5 Å². The van der Waals surface area contributed by atoms with Gasteiger partial charge < -0.3 is 25.6 Å². The van der Waals surface area contributed by atoms with E-state index in [4.69, 9.17) is 4.74 Å². The molecule has 0 radical (unpaired) electrons. The van der Waals surface area contributed by atoms with Gasteiger partial charge in [-0.25, -0.2) is 0 Å². The number of benzene rings is 1. The molecule has 0 saturated carbocycles. The Labute approximate surface area is 133 Å². The predicted molar refractivity (Wildman–Crippen MR) is 90.9 cm³/mol. The van der Waals surface area contributed by atoms with Gasteiger partial charge in [0, 0.05) is 50.8 Å². The zero-order chi connectivity index (χ0) is 15.4. The zero-order valence-corrected chi connectivity index (χ0v) is 13.6. The molecule has 3 atom stereocenters. The van der Waals surface area contributed by atoms with E-state index in [2.05, 4.69) is 46.0 Å². The average Bonchev–Trinajstić information content (AvgIpc) is 2.55. The van der Waals surface area contributed by atoms with Gasteiger partial charge in [0.05, 0.1) is 12.8 Å². The van der Waals surface area contributed by atoms with Gasteiger partial charge in [0.1, 0.15) is 5.75 Å². The maximum absolute atomic E-state index is 5.56. The van der Waals surface area contributed by atoms with Gasteiger partial charge >= 0.3 is 0 Å². The molecule has 3 N–H and O–H groups in total. The highest BCUT2D eigenvalue weighted by atomic mass is 16.5. The highest BCUT2D eigenvalue weighted by molar-refractivity contribution is 5.59. The summed E-state index contributed by atoms with van der Waals surface area (Å²) in [6.07, 6.45) is 1.14. The molecule has 1 aromatic rings. The summed E-state index contributed by atoms with van der Waals surface area (Å²) < 4.78 is 5.56. The Bertz CT molecular complexity index is 481. The van der Waals surface area contributed by atoms with Gasteiger partial charge in [-0.05, 0) is 25.5 Å². The number of nitrogens with one attached hydrogen (secondary N) is 3. The lowest BCUT2D eigenvalue weighted by Gasteiger charge is -2.41. The Morgan fingerprint density at radius 3 is 2.86 bits per heavy atom. The van der Waals surface area contributed by atoms with Crippen molar-refractivity contribution >= 4 is 5.69 Å². The number of para-hydroxylation sites is 2. The first-order valence-electron chi connectivity index (χ1n) is 8.35. The Morgan fingerprint density at radius 2 is 2.05 bits per heavy atom. The maximum atomic E-state index is 5.56. The summed E-state index contributed by atoms with van der Waals surface area (Å²) in [4.78, 5) is 2.51. The van der Waals surface area contributed by atoms with Crippen LogP contribution >= 0.6 is 0 Å².